The lowest BCUT2D eigenvalue weighted by atomic mass is 10.3. The highest BCUT2D eigenvalue weighted by Crippen LogP contribution is 2.21. The average Bonchev–Trinajstić information content (AvgIpc) is 2.65. The van der Waals surface area contributed by atoms with E-state index in [0.29, 0.717) is 12.2 Å². The predicted octanol–water partition coefficient (Wildman–Crippen LogP) is 3.69. The smallest absolute Gasteiger partial charge is 0.225 e. The van der Waals surface area contributed by atoms with E-state index in [2.05, 4.69) is 15.2 Å². The van der Waals surface area contributed by atoms with Gasteiger partial charge in [-0.3, -0.25) is 4.79 Å². The summed E-state index contributed by atoms with van der Waals surface area (Å²) in [6.07, 6.45) is 2.15. The maximum absolute atomic E-state index is 12.0. The molecule has 1 aromatic carbocycles. The Kier molecular flexibility index (Phi) is 6.55. The van der Waals surface area contributed by atoms with E-state index in [1.807, 2.05) is 36.4 Å². The van der Waals surface area contributed by atoms with Gasteiger partial charge >= 0.3 is 0 Å². The number of ether oxygens (including phenoxy) is 1. The normalized spacial score (nSPS) is 14.4. The molecule has 1 fully saturated rings. The molecule has 3 rings (SSSR count). The summed E-state index contributed by atoms with van der Waals surface area (Å²) in [7, 11) is 0. The molecule has 0 saturated carbocycles. The Morgan fingerprint density at radius 2 is 1.96 bits per heavy atom. The van der Waals surface area contributed by atoms with Crippen molar-refractivity contribution in [3.05, 3.63) is 47.6 Å². The fourth-order valence-corrected chi connectivity index (χ4v) is 3.43. The summed E-state index contributed by atoms with van der Waals surface area (Å²) in [6, 6.07) is 11.4. The van der Waals surface area contributed by atoms with Crippen molar-refractivity contribution in [3.8, 4) is 0 Å². The minimum Gasteiger partial charge on any atom is -0.378 e. The van der Waals surface area contributed by atoms with Crippen molar-refractivity contribution < 1.29 is 9.53 Å². The highest BCUT2D eigenvalue weighted by molar-refractivity contribution is 7.99. The molecule has 0 bridgehead atoms. The van der Waals surface area contributed by atoms with Gasteiger partial charge in [-0.1, -0.05) is 11.6 Å². The zero-order chi connectivity index (χ0) is 17.5. The highest BCUT2D eigenvalue weighted by Gasteiger charge is 2.12. The molecule has 0 radical (unpaired) electrons. The number of benzene rings is 1. The molecule has 1 aliphatic heterocycles. The first-order chi connectivity index (χ1) is 12.2. The number of hydrogen-bond acceptors (Lipinski definition) is 5. The number of aromatic nitrogens is 1. The number of anilines is 2. The van der Waals surface area contributed by atoms with Crippen LogP contribution in [0.3, 0.4) is 0 Å². The van der Waals surface area contributed by atoms with Gasteiger partial charge < -0.3 is 15.0 Å². The summed E-state index contributed by atoms with van der Waals surface area (Å²) in [5.74, 6) is 1.62. The lowest BCUT2D eigenvalue weighted by molar-refractivity contribution is -0.115. The zero-order valence-corrected chi connectivity index (χ0v) is 15.4. The van der Waals surface area contributed by atoms with Gasteiger partial charge in [-0.2, -0.15) is 0 Å². The maximum Gasteiger partial charge on any atom is 0.225 e. The van der Waals surface area contributed by atoms with E-state index < -0.39 is 0 Å². The van der Waals surface area contributed by atoms with Crippen LogP contribution in [0.4, 0.5) is 11.5 Å². The molecule has 1 aromatic heterocycles. The molecule has 132 valence electrons. The summed E-state index contributed by atoms with van der Waals surface area (Å²) in [4.78, 5) is 19.8. The fourth-order valence-electron chi connectivity index (χ4n) is 2.46. The molecule has 0 unspecified atom stereocenters. The van der Waals surface area contributed by atoms with Gasteiger partial charge in [-0.25, -0.2) is 4.98 Å². The van der Waals surface area contributed by atoms with E-state index in [4.69, 9.17) is 16.3 Å². The number of thioether (sulfide) groups is 1. The van der Waals surface area contributed by atoms with Crippen molar-refractivity contribution >= 4 is 40.8 Å². The van der Waals surface area contributed by atoms with E-state index in [-0.39, 0.29) is 5.91 Å². The summed E-state index contributed by atoms with van der Waals surface area (Å²) in [5, 5.41) is 3.61. The molecule has 1 amide bonds. The van der Waals surface area contributed by atoms with Gasteiger partial charge in [-0.15, -0.1) is 11.8 Å². The topological polar surface area (TPSA) is 54.5 Å². The third-order valence-electron chi connectivity index (χ3n) is 3.78. The fraction of sp³-hybridized carbons (Fsp3) is 0.333. The van der Waals surface area contributed by atoms with Gasteiger partial charge in [0, 0.05) is 35.2 Å². The lowest BCUT2D eigenvalue weighted by Gasteiger charge is -2.27. The Hall–Kier alpha value is -1.76. The number of nitrogens with one attached hydrogen (secondary N) is 1. The van der Waals surface area contributed by atoms with Crippen LogP contribution in [0.2, 0.25) is 5.02 Å². The van der Waals surface area contributed by atoms with Crippen LogP contribution in [0, 0.1) is 0 Å². The van der Waals surface area contributed by atoms with Gasteiger partial charge in [0.1, 0.15) is 5.82 Å². The third kappa shape index (κ3) is 5.63. The summed E-state index contributed by atoms with van der Waals surface area (Å²) < 4.78 is 5.34. The molecule has 7 heteroatoms. The van der Waals surface area contributed by atoms with Crippen molar-refractivity contribution in [2.75, 3.05) is 42.3 Å². The molecule has 1 aliphatic rings. The van der Waals surface area contributed by atoms with E-state index >= 15 is 0 Å². The van der Waals surface area contributed by atoms with Crippen molar-refractivity contribution in [2.45, 2.75) is 11.3 Å². The van der Waals surface area contributed by atoms with E-state index in [1.54, 1.807) is 18.0 Å². The van der Waals surface area contributed by atoms with Crippen LogP contribution in [0.1, 0.15) is 6.42 Å². The van der Waals surface area contributed by atoms with Crippen molar-refractivity contribution in [3.63, 3.8) is 0 Å². The maximum atomic E-state index is 12.0. The second-order valence-electron chi connectivity index (χ2n) is 5.61. The molecule has 0 aliphatic carbocycles. The first kappa shape index (κ1) is 18.0. The van der Waals surface area contributed by atoms with E-state index in [0.717, 1.165) is 47.7 Å². The standard InChI is InChI=1S/C18H20ClN3O2S/c19-14-1-4-16(5-2-14)25-12-7-18(23)21-15-3-6-17(20-13-15)22-8-10-24-11-9-22/h1-6,13H,7-12H2,(H,21,23). The first-order valence-electron chi connectivity index (χ1n) is 8.18. The number of carbonyl (C=O) groups is 1. The first-order valence-corrected chi connectivity index (χ1v) is 9.54. The summed E-state index contributed by atoms with van der Waals surface area (Å²) in [6.45, 7) is 3.15. The van der Waals surface area contributed by atoms with Crippen molar-refractivity contribution in [1.82, 2.24) is 4.98 Å². The van der Waals surface area contributed by atoms with Crippen LogP contribution < -0.4 is 10.2 Å². The van der Waals surface area contributed by atoms with Crippen LogP contribution in [-0.4, -0.2) is 42.9 Å². The molecular formula is C18H20ClN3O2S. The Morgan fingerprint density at radius 3 is 2.64 bits per heavy atom. The molecule has 25 heavy (non-hydrogen) atoms. The zero-order valence-electron chi connectivity index (χ0n) is 13.8. The van der Waals surface area contributed by atoms with Crippen LogP contribution >= 0.6 is 23.4 Å². The van der Waals surface area contributed by atoms with E-state index in [9.17, 15) is 4.79 Å². The largest absolute Gasteiger partial charge is 0.378 e. The van der Waals surface area contributed by atoms with Gasteiger partial charge in [0.25, 0.3) is 0 Å². The number of carbonyl (C=O) groups excluding carboxylic acids is 1. The monoisotopic (exact) mass is 377 g/mol. The lowest BCUT2D eigenvalue weighted by Crippen LogP contribution is -2.36. The number of halogens is 1. The molecule has 0 atom stereocenters. The molecule has 2 aromatic rings. The summed E-state index contributed by atoms with van der Waals surface area (Å²) >= 11 is 7.49. The van der Waals surface area contributed by atoms with Crippen molar-refractivity contribution in [2.24, 2.45) is 0 Å². The number of hydrogen-bond donors (Lipinski definition) is 1. The Balaban J connectivity index is 1.43. The quantitative estimate of drug-likeness (QED) is 0.778. The third-order valence-corrected chi connectivity index (χ3v) is 5.04. The highest BCUT2D eigenvalue weighted by atomic mass is 35.5. The Bertz CT molecular complexity index is 688. The number of morpholine rings is 1. The second-order valence-corrected chi connectivity index (χ2v) is 7.21. The van der Waals surface area contributed by atoms with Crippen LogP contribution in [-0.2, 0) is 9.53 Å². The van der Waals surface area contributed by atoms with Crippen LogP contribution in [0.15, 0.2) is 47.5 Å². The minimum absolute atomic E-state index is 0.0117. The molecule has 1 N–H and O–H groups in total. The molecule has 5 nitrogen and oxygen atoms in total. The average molecular weight is 378 g/mol. The molecular weight excluding hydrogens is 358 g/mol. The number of nitrogens with zero attached hydrogens (tertiary/aromatic N) is 2. The van der Waals surface area contributed by atoms with Crippen LogP contribution in [0.5, 0.6) is 0 Å². The van der Waals surface area contributed by atoms with Gasteiger partial charge in [0.05, 0.1) is 25.1 Å². The predicted molar refractivity (Wildman–Crippen MR) is 103 cm³/mol. The number of amides is 1. The van der Waals surface area contributed by atoms with Gasteiger partial charge in [0.15, 0.2) is 0 Å². The number of pyridine rings is 1. The number of rotatable bonds is 6. The Labute approximate surface area is 156 Å². The SMILES string of the molecule is O=C(CCSc1ccc(Cl)cc1)Nc1ccc(N2CCOCC2)nc1. The second kappa shape index (κ2) is 9.08. The van der Waals surface area contributed by atoms with E-state index in [1.165, 1.54) is 0 Å². The molecule has 1 saturated heterocycles. The minimum atomic E-state index is -0.0117. The summed E-state index contributed by atoms with van der Waals surface area (Å²) in [5.41, 5.74) is 0.721. The molecule has 0 spiro atoms. The van der Waals surface area contributed by atoms with Gasteiger partial charge in [-0.05, 0) is 36.4 Å². The van der Waals surface area contributed by atoms with Crippen molar-refractivity contribution in [1.29, 1.82) is 0 Å². The molecule has 2 heterocycles. The van der Waals surface area contributed by atoms with Crippen LogP contribution in [0.25, 0.3) is 0 Å². The Morgan fingerprint density at radius 1 is 1.20 bits per heavy atom. The van der Waals surface area contributed by atoms with Gasteiger partial charge in [0.2, 0.25) is 5.91 Å².